The fourth-order valence-electron chi connectivity index (χ4n) is 3.61. The number of amides is 1. The average molecular weight is 388 g/mol. The maximum atomic E-state index is 12.5. The van der Waals surface area contributed by atoms with Gasteiger partial charge in [0.25, 0.3) is 5.91 Å². The van der Waals surface area contributed by atoms with Gasteiger partial charge in [0.05, 0.1) is 14.2 Å². The van der Waals surface area contributed by atoms with Gasteiger partial charge in [-0.05, 0) is 53.1 Å². The van der Waals surface area contributed by atoms with Crippen molar-refractivity contribution in [3.63, 3.8) is 0 Å². The summed E-state index contributed by atoms with van der Waals surface area (Å²) >= 11 is 0. The molecule has 148 valence electrons. The van der Waals surface area contributed by atoms with Crippen LogP contribution in [0, 0.1) is 0 Å². The van der Waals surface area contributed by atoms with Crippen molar-refractivity contribution in [2.24, 2.45) is 0 Å². The lowest BCUT2D eigenvalue weighted by molar-refractivity contribution is 0.0951. The standard InChI is InChI=1S/C24H24N2O3/c1-28-22-12-7-17(13-23(22)29-2)14-25-24(27)18-8-10-21(11-9-18)26-15-19-5-3-4-6-20(19)16-26/h3-13H,14-16H2,1-2H3,(H,25,27). The molecule has 0 bridgehead atoms. The highest BCUT2D eigenvalue weighted by Crippen LogP contribution is 2.29. The molecule has 0 aromatic heterocycles. The number of anilines is 1. The lowest BCUT2D eigenvalue weighted by Crippen LogP contribution is -2.23. The summed E-state index contributed by atoms with van der Waals surface area (Å²) in [5.41, 5.74) is 5.44. The molecule has 0 saturated carbocycles. The molecule has 3 aromatic rings. The number of fused-ring (bicyclic) bond motifs is 1. The molecule has 29 heavy (non-hydrogen) atoms. The number of hydrogen-bond acceptors (Lipinski definition) is 4. The van der Waals surface area contributed by atoms with Crippen LogP contribution in [0.4, 0.5) is 5.69 Å². The molecule has 1 aliphatic rings. The van der Waals surface area contributed by atoms with E-state index in [1.807, 2.05) is 42.5 Å². The summed E-state index contributed by atoms with van der Waals surface area (Å²) in [5.74, 6) is 1.22. The van der Waals surface area contributed by atoms with E-state index in [0.717, 1.165) is 24.3 Å². The zero-order valence-electron chi connectivity index (χ0n) is 16.6. The SMILES string of the molecule is COc1ccc(CNC(=O)c2ccc(N3Cc4ccccc4C3)cc2)cc1OC. The van der Waals surface area contributed by atoms with Crippen molar-refractivity contribution in [2.75, 3.05) is 19.1 Å². The zero-order chi connectivity index (χ0) is 20.2. The minimum Gasteiger partial charge on any atom is -0.493 e. The second kappa shape index (κ2) is 8.27. The van der Waals surface area contributed by atoms with Crippen LogP contribution in [0.3, 0.4) is 0 Å². The molecule has 3 aromatic carbocycles. The lowest BCUT2D eigenvalue weighted by atomic mass is 10.1. The highest BCUT2D eigenvalue weighted by Gasteiger charge is 2.18. The molecule has 0 unspecified atom stereocenters. The van der Waals surface area contributed by atoms with E-state index < -0.39 is 0 Å². The Balaban J connectivity index is 1.38. The van der Waals surface area contributed by atoms with E-state index in [1.54, 1.807) is 14.2 Å². The Morgan fingerprint density at radius 3 is 2.17 bits per heavy atom. The highest BCUT2D eigenvalue weighted by molar-refractivity contribution is 5.94. The molecule has 1 N–H and O–H groups in total. The van der Waals surface area contributed by atoms with Crippen LogP contribution >= 0.6 is 0 Å². The summed E-state index contributed by atoms with van der Waals surface area (Å²) in [4.78, 5) is 14.8. The molecule has 4 rings (SSSR count). The second-order valence-electron chi connectivity index (χ2n) is 7.04. The third kappa shape index (κ3) is 4.04. The topological polar surface area (TPSA) is 50.8 Å². The van der Waals surface area contributed by atoms with Gasteiger partial charge in [-0.25, -0.2) is 0 Å². The molecule has 0 saturated heterocycles. The molecule has 1 aliphatic heterocycles. The number of benzene rings is 3. The van der Waals surface area contributed by atoms with Crippen molar-refractivity contribution in [2.45, 2.75) is 19.6 Å². The molecule has 1 heterocycles. The zero-order valence-corrected chi connectivity index (χ0v) is 16.6. The maximum Gasteiger partial charge on any atom is 0.251 e. The number of rotatable bonds is 6. The van der Waals surface area contributed by atoms with Gasteiger partial charge in [0.1, 0.15) is 0 Å². The molecular weight excluding hydrogens is 364 g/mol. The molecule has 0 atom stereocenters. The molecule has 1 amide bonds. The average Bonchev–Trinajstić information content (AvgIpc) is 3.21. The number of methoxy groups -OCH3 is 2. The van der Waals surface area contributed by atoms with Crippen molar-refractivity contribution in [1.82, 2.24) is 5.32 Å². The van der Waals surface area contributed by atoms with E-state index >= 15 is 0 Å². The Hall–Kier alpha value is -3.47. The number of carbonyl (C=O) groups is 1. The fourth-order valence-corrected chi connectivity index (χ4v) is 3.61. The van der Waals surface area contributed by atoms with E-state index in [-0.39, 0.29) is 5.91 Å². The van der Waals surface area contributed by atoms with Gasteiger partial charge in [-0.15, -0.1) is 0 Å². The van der Waals surface area contributed by atoms with E-state index in [9.17, 15) is 4.79 Å². The van der Waals surface area contributed by atoms with Crippen molar-refractivity contribution in [1.29, 1.82) is 0 Å². The minimum atomic E-state index is -0.101. The van der Waals surface area contributed by atoms with E-state index in [2.05, 4.69) is 34.5 Å². The van der Waals surface area contributed by atoms with Crippen molar-refractivity contribution < 1.29 is 14.3 Å². The summed E-state index contributed by atoms with van der Waals surface area (Å²) in [5, 5.41) is 2.96. The van der Waals surface area contributed by atoms with Gasteiger partial charge >= 0.3 is 0 Å². The van der Waals surface area contributed by atoms with E-state index in [0.29, 0.717) is 23.6 Å². The third-order valence-corrected chi connectivity index (χ3v) is 5.24. The summed E-state index contributed by atoms with van der Waals surface area (Å²) < 4.78 is 10.6. The Labute approximate surface area is 170 Å². The Bertz CT molecular complexity index is 990. The van der Waals surface area contributed by atoms with Crippen LogP contribution in [0.1, 0.15) is 27.0 Å². The van der Waals surface area contributed by atoms with Gasteiger partial charge in [0, 0.05) is 30.9 Å². The van der Waals surface area contributed by atoms with E-state index in [4.69, 9.17) is 9.47 Å². The predicted octanol–water partition coefficient (Wildman–Crippen LogP) is 4.15. The van der Waals surface area contributed by atoms with Gasteiger partial charge in [-0.3, -0.25) is 4.79 Å². The monoisotopic (exact) mass is 388 g/mol. The first-order valence-electron chi connectivity index (χ1n) is 9.59. The second-order valence-corrected chi connectivity index (χ2v) is 7.04. The van der Waals surface area contributed by atoms with Gasteiger partial charge in [-0.2, -0.15) is 0 Å². The highest BCUT2D eigenvalue weighted by atomic mass is 16.5. The summed E-state index contributed by atoms with van der Waals surface area (Å²) in [6.07, 6.45) is 0. The van der Waals surface area contributed by atoms with Crippen LogP contribution in [-0.4, -0.2) is 20.1 Å². The third-order valence-electron chi connectivity index (χ3n) is 5.24. The lowest BCUT2D eigenvalue weighted by Gasteiger charge is -2.18. The van der Waals surface area contributed by atoms with Crippen LogP contribution in [0.15, 0.2) is 66.7 Å². The number of nitrogens with zero attached hydrogens (tertiary/aromatic N) is 1. The first-order valence-corrected chi connectivity index (χ1v) is 9.59. The minimum absolute atomic E-state index is 0.101. The van der Waals surface area contributed by atoms with Crippen LogP contribution in [0.2, 0.25) is 0 Å². The largest absolute Gasteiger partial charge is 0.493 e. The first-order chi connectivity index (χ1) is 14.2. The summed E-state index contributed by atoms with van der Waals surface area (Å²) in [6, 6.07) is 21.9. The quantitative estimate of drug-likeness (QED) is 0.689. The van der Waals surface area contributed by atoms with Gasteiger partial charge in [0.15, 0.2) is 11.5 Å². The van der Waals surface area contributed by atoms with Crippen LogP contribution in [0.25, 0.3) is 0 Å². The van der Waals surface area contributed by atoms with Gasteiger partial charge in [-0.1, -0.05) is 30.3 Å². The fraction of sp³-hybridized carbons (Fsp3) is 0.208. The maximum absolute atomic E-state index is 12.5. The van der Waals surface area contributed by atoms with Crippen molar-refractivity contribution in [3.05, 3.63) is 89.0 Å². The van der Waals surface area contributed by atoms with Crippen LogP contribution in [0.5, 0.6) is 11.5 Å². The number of hydrogen-bond donors (Lipinski definition) is 1. The predicted molar refractivity (Wildman–Crippen MR) is 113 cm³/mol. The number of nitrogens with one attached hydrogen (secondary N) is 1. The molecule has 0 fully saturated rings. The number of ether oxygens (including phenoxy) is 2. The van der Waals surface area contributed by atoms with Crippen molar-refractivity contribution in [3.8, 4) is 11.5 Å². The van der Waals surface area contributed by atoms with Crippen molar-refractivity contribution >= 4 is 11.6 Å². The Morgan fingerprint density at radius 1 is 0.897 bits per heavy atom. The smallest absolute Gasteiger partial charge is 0.251 e. The molecule has 0 radical (unpaired) electrons. The summed E-state index contributed by atoms with van der Waals surface area (Å²) in [7, 11) is 3.20. The van der Waals surface area contributed by atoms with Crippen LogP contribution < -0.4 is 19.7 Å². The first kappa shape index (κ1) is 18.9. The summed E-state index contributed by atoms with van der Waals surface area (Å²) in [6.45, 7) is 2.23. The molecule has 5 nitrogen and oxygen atoms in total. The Kier molecular flexibility index (Phi) is 5.38. The Morgan fingerprint density at radius 2 is 1.55 bits per heavy atom. The molecule has 5 heteroatoms. The normalized spacial score (nSPS) is 12.4. The molecule has 0 spiro atoms. The van der Waals surface area contributed by atoms with Crippen LogP contribution in [-0.2, 0) is 19.6 Å². The molecule has 0 aliphatic carbocycles. The van der Waals surface area contributed by atoms with E-state index in [1.165, 1.54) is 11.1 Å². The number of carbonyl (C=O) groups excluding carboxylic acids is 1. The van der Waals surface area contributed by atoms with Gasteiger partial charge in [0.2, 0.25) is 0 Å². The van der Waals surface area contributed by atoms with Gasteiger partial charge < -0.3 is 19.7 Å². The molecular formula is C24H24N2O3.